The zero-order valence-electron chi connectivity index (χ0n) is 16.4. The molecule has 2 amide bonds. The van der Waals surface area contributed by atoms with E-state index in [1.165, 1.54) is 6.92 Å². The van der Waals surface area contributed by atoms with Crippen LogP contribution in [-0.4, -0.2) is 47.7 Å². The summed E-state index contributed by atoms with van der Waals surface area (Å²) >= 11 is 0. The van der Waals surface area contributed by atoms with Crippen LogP contribution < -0.4 is 10.6 Å². The normalized spacial score (nSPS) is 13.2. The molecule has 0 aliphatic carbocycles. The van der Waals surface area contributed by atoms with Crippen molar-refractivity contribution < 1.29 is 24.2 Å². The second-order valence-corrected chi connectivity index (χ2v) is 8.15. The minimum Gasteiger partial charge on any atom is -0.480 e. The first-order valence-corrected chi connectivity index (χ1v) is 8.73. The number of hydrogen-bond acceptors (Lipinski definition) is 4. The van der Waals surface area contributed by atoms with Crippen LogP contribution >= 0.6 is 0 Å². The van der Waals surface area contributed by atoms with Crippen LogP contribution in [-0.2, 0) is 19.1 Å². The molecule has 0 aromatic heterocycles. The van der Waals surface area contributed by atoms with Gasteiger partial charge in [-0.05, 0) is 38.5 Å². The summed E-state index contributed by atoms with van der Waals surface area (Å²) in [5.41, 5.74) is -0.114. The predicted molar refractivity (Wildman–Crippen MR) is 96.2 cm³/mol. The van der Waals surface area contributed by atoms with Crippen molar-refractivity contribution in [2.24, 2.45) is 5.41 Å². The van der Waals surface area contributed by atoms with Gasteiger partial charge in [0.2, 0.25) is 11.8 Å². The van der Waals surface area contributed by atoms with Gasteiger partial charge in [-0.1, -0.05) is 20.8 Å². The molecule has 0 spiro atoms. The standard InChI is InChI=1S/C18H34N2O5/c1-13(21)20-14(16(23)24)7-8-15(22)19-11-9-18(5,6)25-12-10-17(2,3)4/h14H,7-12H2,1-6H3,(H,19,22)(H,20,21)(H,23,24). The van der Waals surface area contributed by atoms with Crippen molar-refractivity contribution in [3.05, 3.63) is 0 Å². The van der Waals surface area contributed by atoms with E-state index in [1.807, 2.05) is 13.8 Å². The molecule has 0 bridgehead atoms. The van der Waals surface area contributed by atoms with Gasteiger partial charge >= 0.3 is 5.97 Å². The van der Waals surface area contributed by atoms with E-state index < -0.39 is 17.9 Å². The number of amides is 2. The Morgan fingerprint density at radius 1 is 1.08 bits per heavy atom. The highest BCUT2D eigenvalue weighted by molar-refractivity contribution is 5.83. The first kappa shape index (κ1) is 23.4. The van der Waals surface area contributed by atoms with E-state index in [-0.39, 0.29) is 29.8 Å². The van der Waals surface area contributed by atoms with Gasteiger partial charge in [-0.25, -0.2) is 4.79 Å². The van der Waals surface area contributed by atoms with Crippen LogP contribution in [0.3, 0.4) is 0 Å². The summed E-state index contributed by atoms with van der Waals surface area (Å²) in [7, 11) is 0. The van der Waals surface area contributed by atoms with Crippen molar-refractivity contribution in [1.29, 1.82) is 0 Å². The predicted octanol–water partition coefficient (Wildman–Crippen LogP) is 2.09. The molecule has 3 N–H and O–H groups in total. The van der Waals surface area contributed by atoms with Gasteiger partial charge in [-0.3, -0.25) is 9.59 Å². The lowest BCUT2D eigenvalue weighted by atomic mass is 9.93. The van der Waals surface area contributed by atoms with E-state index in [2.05, 4.69) is 31.4 Å². The summed E-state index contributed by atoms with van der Waals surface area (Å²) in [6.45, 7) is 12.8. The fourth-order valence-electron chi connectivity index (χ4n) is 2.08. The second kappa shape index (κ2) is 10.4. The van der Waals surface area contributed by atoms with Crippen molar-refractivity contribution in [2.45, 2.75) is 78.9 Å². The molecule has 0 aromatic rings. The first-order chi connectivity index (χ1) is 11.3. The highest BCUT2D eigenvalue weighted by Gasteiger charge is 2.21. The Morgan fingerprint density at radius 2 is 1.68 bits per heavy atom. The third kappa shape index (κ3) is 13.3. The molecule has 25 heavy (non-hydrogen) atoms. The molecule has 0 rings (SSSR count). The zero-order valence-corrected chi connectivity index (χ0v) is 16.4. The van der Waals surface area contributed by atoms with E-state index in [0.29, 0.717) is 19.6 Å². The van der Waals surface area contributed by atoms with Gasteiger partial charge in [-0.15, -0.1) is 0 Å². The van der Waals surface area contributed by atoms with Crippen LogP contribution in [0.2, 0.25) is 0 Å². The summed E-state index contributed by atoms with van der Waals surface area (Å²) in [6, 6.07) is -1.04. The molecule has 0 radical (unpaired) electrons. The number of carbonyl (C=O) groups is 3. The van der Waals surface area contributed by atoms with Crippen LogP contribution in [0.25, 0.3) is 0 Å². The average Bonchev–Trinajstić information content (AvgIpc) is 2.40. The average molecular weight is 358 g/mol. The Kier molecular flexibility index (Phi) is 9.70. The smallest absolute Gasteiger partial charge is 0.326 e. The highest BCUT2D eigenvalue weighted by Crippen LogP contribution is 2.21. The Bertz CT molecular complexity index is 455. The Hall–Kier alpha value is -1.63. The lowest BCUT2D eigenvalue weighted by Gasteiger charge is -2.28. The minimum absolute atomic E-state index is 0.0442. The molecule has 0 aliphatic heterocycles. The number of hydrogen-bond donors (Lipinski definition) is 3. The van der Waals surface area contributed by atoms with E-state index in [9.17, 15) is 14.4 Å². The van der Waals surface area contributed by atoms with Crippen molar-refractivity contribution in [2.75, 3.05) is 13.2 Å². The van der Waals surface area contributed by atoms with Crippen LogP contribution in [0.1, 0.15) is 67.2 Å². The number of aliphatic carboxylic acids is 1. The van der Waals surface area contributed by atoms with E-state index >= 15 is 0 Å². The zero-order chi connectivity index (χ0) is 19.7. The van der Waals surface area contributed by atoms with Gasteiger partial charge in [0.1, 0.15) is 6.04 Å². The third-order valence-corrected chi connectivity index (χ3v) is 3.73. The number of carbonyl (C=O) groups excluding carboxylic acids is 2. The largest absolute Gasteiger partial charge is 0.480 e. The van der Waals surface area contributed by atoms with Crippen molar-refractivity contribution in [3.63, 3.8) is 0 Å². The lowest BCUT2D eigenvalue weighted by molar-refractivity contribution is -0.141. The van der Waals surface area contributed by atoms with E-state index in [1.54, 1.807) is 0 Å². The van der Waals surface area contributed by atoms with Gasteiger partial charge in [0, 0.05) is 26.5 Å². The van der Waals surface area contributed by atoms with Crippen molar-refractivity contribution in [3.8, 4) is 0 Å². The molecular weight excluding hydrogens is 324 g/mol. The number of rotatable bonds is 11. The monoisotopic (exact) mass is 358 g/mol. The maximum Gasteiger partial charge on any atom is 0.326 e. The third-order valence-electron chi connectivity index (χ3n) is 3.73. The molecule has 0 fully saturated rings. The van der Waals surface area contributed by atoms with Gasteiger partial charge in [0.15, 0.2) is 0 Å². The Labute approximate surface area is 150 Å². The summed E-state index contributed by atoms with van der Waals surface area (Å²) in [5, 5.41) is 14.1. The van der Waals surface area contributed by atoms with Gasteiger partial charge in [0.05, 0.1) is 5.60 Å². The number of carboxylic acid groups (broad SMARTS) is 1. The molecule has 0 aliphatic rings. The minimum atomic E-state index is -1.14. The van der Waals surface area contributed by atoms with Crippen LogP contribution in [0.15, 0.2) is 0 Å². The number of ether oxygens (including phenoxy) is 1. The topological polar surface area (TPSA) is 105 Å². The molecule has 0 heterocycles. The summed E-state index contributed by atoms with van der Waals surface area (Å²) < 4.78 is 5.88. The molecule has 0 saturated heterocycles. The van der Waals surface area contributed by atoms with Crippen molar-refractivity contribution in [1.82, 2.24) is 10.6 Å². The molecule has 1 unspecified atom stereocenters. The lowest BCUT2D eigenvalue weighted by Crippen LogP contribution is -2.40. The van der Waals surface area contributed by atoms with E-state index in [0.717, 1.165) is 6.42 Å². The second-order valence-electron chi connectivity index (χ2n) is 8.15. The summed E-state index contributed by atoms with van der Waals surface area (Å²) in [6.07, 6.45) is 1.73. The molecule has 0 saturated carbocycles. The molecule has 146 valence electrons. The van der Waals surface area contributed by atoms with E-state index in [4.69, 9.17) is 9.84 Å². The van der Waals surface area contributed by atoms with Crippen LogP contribution in [0.4, 0.5) is 0 Å². The number of nitrogens with one attached hydrogen (secondary N) is 2. The Balaban J connectivity index is 4.08. The SMILES string of the molecule is CC(=O)NC(CCC(=O)NCCC(C)(C)OCCC(C)(C)C)C(=O)O. The van der Waals surface area contributed by atoms with Gasteiger partial charge in [0.25, 0.3) is 0 Å². The number of carboxylic acids is 1. The fraction of sp³-hybridized carbons (Fsp3) is 0.833. The van der Waals surface area contributed by atoms with Crippen LogP contribution in [0, 0.1) is 5.41 Å². The first-order valence-electron chi connectivity index (χ1n) is 8.73. The highest BCUT2D eigenvalue weighted by atomic mass is 16.5. The van der Waals surface area contributed by atoms with Gasteiger partial charge in [-0.2, -0.15) is 0 Å². The molecular formula is C18H34N2O5. The maximum absolute atomic E-state index is 11.8. The molecule has 7 nitrogen and oxygen atoms in total. The summed E-state index contributed by atoms with van der Waals surface area (Å²) in [5.74, 6) is -1.81. The Morgan fingerprint density at radius 3 is 2.16 bits per heavy atom. The maximum atomic E-state index is 11.8. The molecule has 0 aromatic carbocycles. The van der Waals surface area contributed by atoms with Crippen LogP contribution in [0.5, 0.6) is 0 Å². The fourth-order valence-corrected chi connectivity index (χ4v) is 2.08. The molecule has 1 atom stereocenters. The summed E-state index contributed by atoms with van der Waals surface area (Å²) in [4.78, 5) is 33.8. The van der Waals surface area contributed by atoms with Crippen molar-refractivity contribution >= 4 is 17.8 Å². The van der Waals surface area contributed by atoms with Gasteiger partial charge < -0.3 is 20.5 Å². The quantitative estimate of drug-likeness (QED) is 0.524. The molecule has 7 heteroatoms.